The molecule has 2 rings (SSSR count). The van der Waals surface area contributed by atoms with Gasteiger partial charge >= 0.3 is 12.0 Å². The van der Waals surface area contributed by atoms with Crippen LogP contribution in [0.15, 0.2) is 5.16 Å². The first-order valence-corrected chi connectivity index (χ1v) is 6.25. The van der Waals surface area contributed by atoms with Gasteiger partial charge in [0.2, 0.25) is 11.1 Å². The number of aromatic nitrogens is 4. The highest BCUT2D eigenvalue weighted by Gasteiger charge is 2.26. The van der Waals surface area contributed by atoms with Crippen molar-refractivity contribution in [3.8, 4) is 0 Å². The third-order valence-electron chi connectivity index (χ3n) is 2.27. The van der Waals surface area contributed by atoms with Crippen molar-refractivity contribution in [1.82, 2.24) is 30.4 Å². The van der Waals surface area contributed by atoms with E-state index in [0.29, 0.717) is 13.1 Å². The number of hydrogen-bond donors (Lipinski definition) is 2. The summed E-state index contributed by atoms with van der Waals surface area (Å²) in [4.78, 5) is 34.6. The van der Waals surface area contributed by atoms with Crippen molar-refractivity contribution in [2.75, 3.05) is 18.8 Å². The van der Waals surface area contributed by atoms with E-state index in [9.17, 15) is 14.4 Å². The van der Waals surface area contributed by atoms with E-state index in [1.165, 1.54) is 0 Å². The van der Waals surface area contributed by atoms with Gasteiger partial charge in [-0.25, -0.2) is 9.48 Å². The first kappa shape index (κ1) is 13.3. The van der Waals surface area contributed by atoms with E-state index in [2.05, 4.69) is 20.8 Å². The summed E-state index contributed by atoms with van der Waals surface area (Å²) in [5, 5.41) is 21.8. The highest BCUT2D eigenvalue weighted by molar-refractivity contribution is 7.99. The Bertz CT molecular complexity index is 517. The molecule has 0 bridgehead atoms. The summed E-state index contributed by atoms with van der Waals surface area (Å²) in [7, 11) is 0. The van der Waals surface area contributed by atoms with Gasteiger partial charge in [0, 0.05) is 13.1 Å². The second-order valence-electron chi connectivity index (χ2n) is 3.58. The number of rotatable bonds is 5. The minimum absolute atomic E-state index is 0.0343. The van der Waals surface area contributed by atoms with Gasteiger partial charge in [0.15, 0.2) is 0 Å². The molecular weight excluding hydrogens is 276 g/mol. The average Bonchev–Trinajstić information content (AvgIpc) is 2.94. The molecule has 1 fully saturated rings. The number of carbonyl (C=O) groups excluding carboxylic acids is 2. The van der Waals surface area contributed by atoms with Crippen LogP contribution < -0.4 is 5.32 Å². The van der Waals surface area contributed by atoms with Crippen molar-refractivity contribution in [3.05, 3.63) is 0 Å². The summed E-state index contributed by atoms with van der Waals surface area (Å²) in [5.74, 6) is -1.49. The van der Waals surface area contributed by atoms with E-state index in [1.54, 1.807) is 0 Å². The molecular formula is C8H10N6O4S. The third kappa shape index (κ3) is 3.19. The SMILES string of the molecule is O=C(O)Cn1nnnc1SCC(=O)N1CCNC1=O. The normalized spacial score (nSPS) is 14.5. The van der Waals surface area contributed by atoms with Crippen LogP contribution in [0.5, 0.6) is 0 Å². The molecule has 2 heterocycles. The smallest absolute Gasteiger partial charge is 0.325 e. The van der Waals surface area contributed by atoms with E-state index < -0.39 is 12.0 Å². The first-order chi connectivity index (χ1) is 9.08. The predicted molar refractivity (Wildman–Crippen MR) is 61.3 cm³/mol. The van der Waals surface area contributed by atoms with Gasteiger partial charge in [-0.1, -0.05) is 11.8 Å². The zero-order valence-corrected chi connectivity index (χ0v) is 10.5. The number of carboxylic acids is 1. The molecule has 0 saturated carbocycles. The Morgan fingerprint density at radius 2 is 2.26 bits per heavy atom. The van der Waals surface area contributed by atoms with Crippen LogP contribution in [0.25, 0.3) is 0 Å². The lowest BCUT2D eigenvalue weighted by atomic mass is 10.5. The average molecular weight is 286 g/mol. The van der Waals surface area contributed by atoms with Crippen LogP contribution in [0.4, 0.5) is 4.79 Å². The van der Waals surface area contributed by atoms with Gasteiger partial charge in [0.25, 0.3) is 0 Å². The summed E-state index contributed by atoms with van der Waals surface area (Å²) in [6.07, 6.45) is 0. The zero-order chi connectivity index (χ0) is 13.8. The van der Waals surface area contributed by atoms with Gasteiger partial charge in [-0.2, -0.15) is 0 Å². The van der Waals surface area contributed by atoms with Crippen LogP contribution in [-0.2, 0) is 16.1 Å². The van der Waals surface area contributed by atoms with E-state index >= 15 is 0 Å². The number of urea groups is 1. The number of imide groups is 1. The lowest BCUT2D eigenvalue weighted by Crippen LogP contribution is -2.35. The topological polar surface area (TPSA) is 130 Å². The highest BCUT2D eigenvalue weighted by atomic mass is 32.2. The van der Waals surface area contributed by atoms with Gasteiger partial charge in [-0.3, -0.25) is 14.5 Å². The summed E-state index contributed by atoms with van der Waals surface area (Å²) in [5.41, 5.74) is 0. The number of nitrogens with one attached hydrogen (secondary N) is 1. The molecule has 102 valence electrons. The summed E-state index contributed by atoms with van der Waals surface area (Å²) in [6.45, 7) is 0.387. The largest absolute Gasteiger partial charge is 0.480 e. The first-order valence-electron chi connectivity index (χ1n) is 5.27. The number of tetrazole rings is 1. The molecule has 1 aromatic rings. The molecule has 3 amide bonds. The van der Waals surface area contributed by atoms with Crippen molar-refractivity contribution >= 4 is 29.7 Å². The molecule has 0 radical (unpaired) electrons. The Balaban J connectivity index is 1.91. The van der Waals surface area contributed by atoms with Gasteiger partial charge in [-0.05, 0) is 10.4 Å². The number of carboxylic acid groups (broad SMARTS) is 1. The summed E-state index contributed by atoms with van der Waals surface area (Å²) >= 11 is 0.985. The summed E-state index contributed by atoms with van der Waals surface area (Å²) in [6, 6.07) is -0.421. The minimum atomic E-state index is -1.08. The lowest BCUT2D eigenvalue weighted by Gasteiger charge is -2.10. The number of hydrogen-bond acceptors (Lipinski definition) is 7. The van der Waals surface area contributed by atoms with Crippen LogP contribution in [0, 0.1) is 0 Å². The molecule has 0 aliphatic carbocycles. The van der Waals surface area contributed by atoms with E-state index in [4.69, 9.17) is 5.11 Å². The molecule has 0 aromatic carbocycles. The van der Waals surface area contributed by atoms with Crippen LogP contribution in [0.2, 0.25) is 0 Å². The fourth-order valence-corrected chi connectivity index (χ4v) is 2.19. The third-order valence-corrected chi connectivity index (χ3v) is 3.21. The number of aliphatic carboxylic acids is 1. The Labute approximate surface area is 111 Å². The maximum absolute atomic E-state index is 11.7. The number of thioether (sulfide) groups is 1. The number of carbonyl (C=O) groups is 3. The lowest BCUT2D eigenvalue weighted by molar-refractivity contribution is -0.138. The minimum Gasteiger partial charge on any atom is -0.480 e. The molecule has 0 atom stereocenters. The molecule has 1 aliphatic heterocycles. The van der Waals surface area contributed by atoms with Crippen molar-refractivity contribution in [1.29, 1.82) is 0 Å². The number of nitrogens with zero attached hydrogens (tertiary/aromatic N) is 5. The molecule has 0 spiro atoms. The Kier molecular flexibility index (Phi) is 3.94. The monoisotopic (exact) mass is 286 g/mol. The van der Waals surface area contributed by atoms with Crippen LogP contribution in [0.3, 0.4) is 0 Å². The van der Waals surface area contributed by atoms with Crippen LogP contribution in [0.1, 0.15) is 0 Å². The Hall–Kier alpha value is -2.17. The van der Waals surface area contributed by atoms with Gasteiger partial charge in [-0.15, -0.1) is 5.10 Å². The van der Waals surface area contributed by atoms with Crippen molar-refractivity contribution in [2.45, 2.75) is 11.7 Å². The quantitative estimate of drug-likeness (QED) is 0.619. The Morgan fingerprint density at radius 1 is 1.47 bits per heavy atom. The highest BCUT2D eigenvalue weighted by Crippen LogP contribution is 2.14. The summed E-state index contributed by atoms with van der Waals surface area (Å²) < 4.78 is 1.07. The molecule has 10 nitrogen and oxygen atoms in total. The molecule has 11 heteroatoms. The maximum Gasteiger partial charge on any atom is 0.325 e. The predicted octanol–water partition coefficient (Wildman–Crippen LogP) is -1.60. The fraction of sp³-hybridized carbons (Fsp3) is 0.500. The molecule has 0 unspecified atom stereocenters. The molecule has 1 saturated heterocycles. The fourth-order valence-electron chi connectivity index (χ4n) is 1.44. The van der Waals surface area contributed by atoms with Crippen molar-refractivity contribution in [2.24, 2.45) is 0 Å². The zero-order valence-electron chi connectivity index (χ0n) is 9.64. The van der Waals surface area contributed by atoms with Crippen molar-refractivity contribution < 1.29 is 19.5 Å². The van der Waals surface area contributed by atoms with Crippen LogP contribution in [-0.4, -0.2) is 67.0 Å². The maximum atomic E-state index is 11.7. The standard InChI is InChI=1S/C8H10N6O4S/c15-5(13-2-1-9-7(13)18)4-19-8-10-11-12-14(8)3-6(16)17/h1-4H2,(H,9,18)(H,16,17). The molecule has 19 heavy (non-hydrogen) atoms. The van der Waals surface area contributed by atoms with E-state index in [0.717, 1.165) is 21.3 Å². The van der Waals surface area contributed by atoms with E-state index in [-0.39, 0.29) is 23.4 Å². The van der Waals surface area contributed by atoms with Crippen LogP contribution >= 0.6 is 11.8 Å². The van der Waals surface area contributed by atoms with Crippen molar-refractivity contribution in [3.63, 3.8) is 0 Å². The number of amides is 3. The molecule has 1 aromatic heterocycles. The van der Waals surface area contributed by atoms with Gasteiger partial charge in [0.05, 0.1) is 5.75 Å². The second kappa shape index (κ2) is 5.65. The molecule has 1 aliphatic rings. The van der Waals surface area contributed by atoms with Gasteiger partial charge < -0.3 is 10.4 Å². The van der Waals surface area contributed by atoms with E-state index in [1.807, 2.05) is 0 Å². The van der Waals surface area contributed by atoms with Gasteiger partial charge in [0.1, 0.15) is 6.54 Å². The second-order valence-corrected chi connectivity index (χ2v) is 4.52. The molecule has 2 N–H and O–H groups in total. The Morgan fingerprint density at radius 3 is 2.89 bits per heavy atom.